The number of piperidine rings is 1. The minimum absolute atomic E-state index is 0.140. The quantitative estimate of drug-likeness (QED) is 0.882. The first kappa shape index (κ1) is 16.3. The summed E-state index contributed by atoms with van der Waals surface area (Å²) < 4.78 is 13.8. The van der Waals surface area contributed by atoms with Gasteiger partial charge in [-0.25, -0.2) is 4.39 Å². The van der Waals surface area contributed by atoms with E-state index >= 15 is 0 Å². The number of phenolic OH excluding ortho intramolecular Hbond substituents is 1. The van der Waals surface area contributed by atoms with Gasteiger partial charge in [0.05, 0.1) is 0 Å². The highest BCUT2D eigenvalue weighted by atomic mass is 19.1. The lowest BCUT2D eigenvalue weighted by molar-refractivity contribution is -0.000379. The molecule has 2 nitrogen and oxygen atoms in total. The third-order valence-electron chi connectivity index (χ3n) is 5.50. The van der Waals surface area contributed by atoms with Crippen LogP contribution in [-0.4, -0.2) is 23.1 Å². The van der Waals surface area contributed by atoms with Crippen LogP contribution in [-0.2, 0) is 6.54 Å². The predicted molar refractivity (Wildman–Crippen MR) is 84.8 cm³/mol. The molecular formula is C18H28FNO. The molecule has 0 bridgehead atoms. The van der Waals surface area contributed by atoms with Crippen LogP contribution in [0.1, 0.15) is 52.5 Å². The lowest BCUT2D eigenvalue weighted by Crippen LogP contribution is -2.46. The second kappa shape index (κ2) is 5.96. The molecule has 1 fully saturated rings. The van der Waals surface area contributed by atoms with E-state index in [9.17, 15) is 9.50 Å². The molecule has 0 atom stereocenters. The molecule has 118 valence electrons. The van der Waals surface area contributed by atoms with Crippen molar-refractivity contribution in [3.05, 3.63) is 29.6 Å². The van der Waals surface area contributed by atoms with Crippen LogP contribution in [0.4, 0.5) is 4.39 Å². The molecular weight excluding hydrogens is 265 g/mol. The summed E-state index contributed by atoms with van der Waals surface area (Å²) in [6.07, 6.45) is 3.52. The van der Waals surface area contributed by atoms with Gasteiger partial charge in [0.1, 0.15) is 11.6 Å². The number of benzene rings is 1. The summed E-state index contributed by atoms with van der Waals surface area (Å²) in [7, 11) is 0. The van der Waals surface area contributed by atoms with Crippen LogP contribution in [0.25, 0.3) is 0 Å². The van der Waals surface area contributed by atoms with Gasteiger partial charge in [0.2, 0.25) is 0 Å². The molecule has 1 aromatic carbocycles. The van der Waals surface area contributed by atoms with Crippen molar-refractivity contribution in [3.8, 4) is 5.75 Å². The second-order valence-electron chi connectivity index (χ2n) is 7.44. The van der Waals surface area contributed by atoms with Crippen molar-refractivity contribution in [1.29, 1.82) is 0 Å². The van der Waals surface area contributed by atoms with Crippen LogP contribution in [0.3, 0.4) is 0 Å². The minimum atomic E-state index is -0.226. The Balaban J connectivity index is 2.03. The van der Waals surface area contributed by atoms with Crippen molar-refractivity contribution in [2.45, 2.75) is 53.5 Å². The van der Waals surface area contributed by atoms with Crippen molar-refractivity contribution >= 4 is 0 Å². The van der Waals surface area contributed by atoms with Crippen LogP contribution in [0, 0.1) is 16.6 Å². The SMILES string of the molecule is CCC1(C(C)(C)C)CCN(Cc2cc(O)ccc2F)CC1. The van der Waals surface area contributed by atoms with Gasteiger partial charge in [-0.3, -0.25) is 4.90 Å². The smallest absolute Gasteiger partial charge is 0.127 e. The zero-order valence-electron chi connectivity index (χ0n) is 13.7. The molecule has 1 saturated heterocycles. The number of nitrogens with zero attached hydrogens (tertiary/aromatic N) is 1. The summed E-state index contributed by atoms with van der Waals surface area (Å²) >= 11 is 0. The highest BCUT2D eigenvalue weighted by molar-refractivity contribution is 5.28. The molecule has 0 saturated carbocycles. The molecule has 1 heterocycles. The Morgan fingerprint density at radius 2 is 1.86 bits per heavy atom. The molecule has 0 spiro atoms. The summed E-state index contributed by atoms with van der Waals surface area (Å²) in [5, 5.41) is 9.51. The van der Waals surface area contributed by atoms with E-state index in [2.05, 4.69) is 32.6 Å². The number of aromatic hydroxyl groups is 1. The van der Waals surface area contributed by atoms with Crippen LogP contribution >= 0.6 is 0 Å². The van der Waals surface area contributed by atoms with Crippen molar-refractivity contribution in [2.75, 3.05) is 13.1 Å². The molecule has 1 aliphatic heterocycles. The van der Waals surface area contributed by atoms with Gasteiger partial charge in [-0.05, 0) is 61.4 Å². The third-order valence-corrected chi connectivity index (χ3v) is 5.50. The number of likely N-dealkylation sites (tertiary alicyclic amines) is 1. The normalized spacial score (nSPS) is 19.7. The number of halogens is 1. The lowest BCUT2D eigenvalue weighted by Gasteiger charge is -2.50. The van der Waals surface area contributed by atoms with E-state index in [1.54, 1.807) is 6.07 Å². The number of phenols is 1. The Bertz CT molecular complexity index is 484. The van der Waals surface area contributed by atoms with Gasteiger partial charge < -0.3 is 5.11 Å². The zero-order chi connectivity index (χ0) is 15.7. The van der Waals surface area contributed by atoms with E-state index in [0.29, 0.717) is 22.9 Å². The fraction of sp³-hybridized carbons (Fsp3) is 0.667. The Kier molecular flexibility index (Phi) is 4.62. The van der Waals surface area contributed by atoms with Gasteiger partial charge in [-0.15, -0.1) is 0 Å². The van der Waals surface area contributed by atoms with Crippen molar-refractivity contribution < 1.29 is 9.50 Å². The van der Waals surface area contributed by atoms with Gasteiger partial charge >= 0.3 is 0 Å². The maximum absolute atomic E-state index is 13.8. The van der Waals surface area contributed by atoms with Crippen LogP contribution in [0.5, 0.6) is 5.75 Å². The number of hydrogen-bond acceptors (Lipinski definition) is 2. The van der Waals surface area contributed by atoms with Crippen molar-refractivity contribution in [3.63, 3.8) is 0 Å². The molecule has 0 unspecified atom stereocenters. The summed E-state index contributed by atoms with van der Waals surface area (Å²) in [6, 6.07) is 4.29. The van der Waals surface area contributed by atoms with E-state index < -0.39 is 0 Å². The predicted octanol–water partition coefficient (Wildman–Crippen LogP) is 4.57. The Morgan fingerprint density at radius 1 is 1.24 bits per heavy atom. The van der Waals surface area contributed by atoms with Crippen molar-refractivity contribution in [2.24, 2.45) is 10.8 Å². The monoisotopic (exact) mass is 293 g/mol. The highest BCUT2D eigenvalue weighted by Crippen LogP contribution is 2.49. The Morgan fingerprint density at radius 3 is 2.38 bits per heavy atom. The maximum Gasteiger partial charge on any atom is 0.127 e. The van der Waals surface area contributed by atoms with E-state index in [-0.39, 0.29) is 11.6 Å². The minimum Gasteiger partial charge on any atom is -0.508 e. The summed E-state index contributed by atoms with van der Waals surface area (Å²) in [5.41, 5.74) is 1.29. The van der Waals surface area contributed by atoms with Gasteiger partial charge in [0, 0.05) is 12.1 Å². The number of hydrogen-bond donors (Lipinski definition) is 1. The van der Waals surface area contributed by atoms with Gasteiger partial charge in [-0.2, -0.15) is 0 Å². The average molecular weight is 293 g/mol. The molecule has 0 aromatic heterocycles. The second-order valence-corrected chi connectivity index (χ2v) is 7.44. The Labute approximate surface area is 128 Å². The topological polar surface area (TPSA) is 23.5 Å². The highest BCUT2D eigenvalue weighted by Gasteiger charge is 2.42. The van der Waals surface area contributed by atoms with Crippen molar-refractivity contribution in [1.82, 2.24) is 4.90 Å². The standard InChI is InChI=1S/C18H28FNO/c1-5-18(17(2,3)4)8-10-20(11-9-18)13-14-12-15(21)6-7-16(14)19/h6-7,12,21H,5,8-11,13H2,1-4H3. The molecule has 1 aliphatic rings. The van der Waals surface area contributed by atoms with Crippen LogP contribution < -0.4 is 0 Å². The molecule has 0 amide bonds. The van der Waals surface area contributed by atoms with Crippen LogP contribution in [0.2, 0.25) is 0 Å². The summed E-state index contributed by atoms with van der Waals surface area (Å²) in [5.74, 6) is -0.0862. The lowest BCUT2D eigenvalue weighted by atomic mass is 9.60. The molecule has 2 rings (SSSR count). The third kappa shape index (κ3) is 3.39. The van der Waals surface area contributed by atoms with E-state index in [1.165, 1.54) is 18.6 Å². The van der Waals surface area contributed by atoms with Gasteiger partial charge in [0.25, 0.3) is 0 Å². The molecule has 21 heavy (non-hydrogen) atoms. The van der Waals surface area contributed by atoms with Crippen LogP contribution in [0.15, 0.2) is 18.2 Å². The molecule has 3 heteroatoms. The zero-order valence-corrected chi connectivity index (χ0v) is 13.7. The maximum atomic E-state index is 13.8. The summed E-state index contributed by atoms with van der Waals surface area (Å²) in [4.78, 5) is 2.30. The Hall–Kier alpha value is -1.09. The first-order valence-electron chi connectivity index (χ1n) is 7.97. The summed E-state index contributed by atoms with van der Waals surface area (Å²) in [6.45, 7) is 11.9. The average Bonchev–Trinajstić information content (AvgIpc) is 2.42. The van der Waals surface area contributed by atoms with E-state index in [1.807, 2.05) is 0 Å². The fourth-order valence-corrected chi connectivity index (χ4v) is 3.70. The van der Waals surface area contributed by atoms with E-state index in [4.69, 9.17) is 0 Å². The molecule has 0 aliphatic carbocycles. The van der Waals surface area contributed by atoms with E-state index in [0.717, 1.165) is 25.9 Å². The molecule has 0 radical (unpaired) electrons. The molecule has 1 aromatic rings. The van der Waals surface area contributed by atoms with Gasteiger partial charge in [0.15, 0.2) is 0 Å². The first-order chi connectivity index (χ1) is 9.77. The molecule has 1 N–H and O–H groups in total. The fourth-order valence-electron chi connectivity index (χ4n) is 3.70. The number of rotatable bonds is 3. The first-order valence-corrected chi connectivity index (χ1v) is 7.97. The van der Waals surface area contributed by atoms with Gasteiger partial charge in [-0.1, -0.05) is 27.7 Å². The largest absolute Gasteiger partial charge is 0.508 e.